The highest BCUT2D eigenvalue weighted by Crippen LogP contribution is 2.40. The lowest BCUT2D eigenvalue weighted by Gasteiger charge is -2.23. The monoisotopic (exact) mass is 495 g/mol. The van der Waals surface area contributed by atoms with E-state index >= 15 is 0 Å². The molecule has 0 saturated heterocycles. The summed E-state index contributed by atoms with van der Waals surface area (Å²) in [6, 6.07) is 23.1. The van der Waals surface area contributed by atoms with Crippen LogP contribution in [0, 0.1) is 0 Å². The molecule has 0 fully saturated rings. The second kappa shape index (κ2) is 11.0. The van der Waals surface area contributed by atoms with Gasteiger partial charge in [-0.3, -0.25) is 4.79 Å². The number of benzene rings is 3. The zero-order chi connectivity index (χ0) is 26.9. The fraction of sp³-hybridized carbons (Fsp3) is 0.412. The zero-order valence-electron chi connectivity index (χ0n) is 23.9. The molecular formula is C34H43N2O+. The minimum Gasteiger partial charge on any atom is -0.280 e. The van der Waals surface area contributed by atoms with Crippen LogP contribution in [0.25, 0.3) is 0 Å². The van der Waals surface area contributed by atoms with Crippen LogP contribution >= 0.6 is 0 Å². The Kier molecular flexibility index (Phi) is 8.02. The van der Waals surface area contributed by atoms with E-state index in [1.165, 1.54) is 33.6 Å². The van der Waals surface area contributed by atoms with Crippen LogP contribution in [0.3, 0.4) is 0 Å². The molecule has 3 aromatic carbocycles. The molecule has 0 unspecified atom stereocenters. The van der Waals surface area contributed by atoms with Gasteiger partial charge < -0.3 is 0 Å². The third-order valence-electron chi connectivity index (χ3n) is 7.52. The van der Waals surface area contributed by atoms with Crippen molar-refractivity contribution >= 4 is 23.0 Å². The number of carbonyl (C=O) groups excluding carboxylic acids is 1. The Morgan fingerprint density at radius 1 is 0.649 bits per heavy atom. The number of rotatable bonds is 8. The van der Waals surface area contributed by atoms with Crippen LogP contribution < -0.4 is 4.90 Å². The van der Waals surface area contributed by atoms with Gasteiger partial charge in [0.1, 0.15) is 24.5 Å². The van der Waals surface area contributed by atoms with E-state index in [9.17, 15) is 4.79 Å². The first-order valence-corrected chi connectivity index (χ1v) is 13.9. The van der Waals surface area contributed by atoms with Crippen molar-refractivity contribution in [1.82, 2.24) is 0 Å². The summed E-state index contributed by atoms with van der Waals surface area (Å²) in [5.74, 6) is 2.26. The molecule has 194 valence electrons. The van der Waals surface area contributed by atoms with E-state index in [1.54, 1.807) is 0 Å². The molecule has 0 aromatic heterocycles. The highest BCUT2D eigenvalue weighted by atomic mass is 16.1. The molecule has 1 aliphatic heterocycles. The van der Waals surface area contributed by atoms with Crippen LogP contribution in [-0.4, -0.2) is 29.3 Å². The molecule has 0 bridgehead atoms. The lowest BCUT2D eigenvalue weighted by molar-refractivity contribution is -0.428. The molecular weight excluding hydrogens is 452 g/mol. The number of carbonyl (C=O) groups is 1. The van der Waals surface area contributed by atoms with Crippen LogP contribution in [0.4, 0.5) is 11.4 Å². The first kappa shape index (κ1) is 26.9. The van der Waals surface area contributed by atoms with Gasteiger partial charge in [0.25, 0.3) is 5.78 Å². The summed E-state index contributed by atoms with van der Waals surface area (Å²) in [7, 11) is 0. The molecule has 0 saturated carbocycles. The van der Waals surface area contributed by atoms with Crippen molar-refractivity contribution < 1.29 is 9.37 Å². The van der Waals surface area contributed by atoms with Crippen LogP contribution in [-0.2, 0) is 0 Å². The average Bonchev–Trinajstić information content (AvgIpc) is 3.32. The molecule has 3 aromatic rings. The number of nitrogens with zero attached hydrogens (tertiary/aromatic N) is 2. The number of Topliss-reactive ketones (excluding diaryl/α,β-unsaturated/α-hetero) is 1. The number of para-hydroxylation sites is 2. The fourth-order valence-corrected chi connectivity index (χ4v) is 5.60. The predicted octanol–water partition coefficient (Wildman–Crippen LogP) is 8.63. The van der Waals surface area contributed by atoms with Crippen molar-refractivity contribution in [2.45, 2.75) is 79.1 Å². The molecule has 0 spiro atoms. The summed E-state index contributed by atoms with van der Waals surface area (Å²) < 4.78 is 2.33. The van der Waals surface area contributed by atoms with E-state index in [0.717, 1.165) is 24.5 Å². The maximum absolute atomic E-state index is 14.4. The van der Waals surface area contributed by atoms with Gasteiger partial charge in [-0.2, -0.15) is 0 Å². The molecule has 0 radical (unpaired) electrons. The lowest BCUT2D eigenvalue weighted by atomic mass is 9.91. The van der Waals surface area contributed by atoms with E-state index in [-0.39, 0.29) is 5.78 Å². The fourth-order valence-electron chi connectivity index (χ4n) is 5.60. The van der Waals surface area contributed by atoms with Gasteiger partial charge in [0, 0.05) is 27.8 Å². The predicted molar refractivity (Wildman–Crippen MR) is 157 cm³/mol. The topological polar surface area (TPSA) is 23.3 Å². The normalized spacial score (nSPS) is 14.1. The standard InChI is InChI=1S/C34H43N2O/c1-22(2)27-16-12-17-28(23(3)4)31(27)35-20-21-36(34(35)33(37)26-14-10-9-11-15-26)32-29(24(5)6)18-13-19-30(32)25(7)8/h9-19,22-25H,20-21H2,1-8H3/q+1. The highest BCUT2D eigenvalue weighted by molar-refractivity contribution is 6.48. The first-order valence-electron chi connectivity index (χ1n) is 13.9. The van der Waals surface area contributed by atoms with Gasteiger partial charge in [0.2, 0.25) is 0 Å². The molecule has 0 atom stereocenters. The van der Waals surface area contributed by atoms with Crippen LogP contribution in [0.5, 0.6) is 0 Å². The molecule has 1 aliphatic rings. The Morgan fingerprint density at radius 2 is 1.11 bits per heavy atom. The zero-order valence-corrected chi connectivity index (χ0v) is 23.9. The van der Waals surface area contributed by atoms with Crippen molar-refractivity contribution in [3.8, 4) is 0 Å². The summed E-state index contributed by atoms with van der Waals surface area (Å²) in [6.07, 6.45) is 0. The second-order valence-corrected chi connectivity index (χ2v) is 11.5. The Balaban J connectivity index is 2.08. The molecule has 0 N–H and O–H groups in total. The van der Waals surface area contributed by atoms with Gasteiger partial charge in [0.05, 0.1) is 0 Å². The first-order chi connectivity index (χ1) is 17.6. The summed E-state index contributed by atoms with van der Waals surface area (Å²) in [4.78, 5) is 16.8. The maximum Gasteiger partial charge on any atom is 0.331 e. The third kappa shape index (κ3) is 5.14. The maximum atomic E-state index is 14.4. The van der Waals surface area contributed by atoms with Gasteiger partial charge in [0.15, 0.2) is 0 Å². The quantitative estimate of drug-likeness (QED) is 0.231. The number of hydrogen-bond acceptors (Lipinski definition) is 2. The lowest BCUT2D eigenvalue weighted by Crippen LogP contribution is -2.37. The van der Waals surface area contributed by atoms with E-state index in [4.69, 9.17) is 0 Å². The van der Waals surface area contributed by atoms with Gasteiger partial charge in [-0.15, -0.1) is 0 Å². The molecule has 0 amide bonds. The number of anilines is 1. The summed E-state index contributed by atoms with van der Waals surface area (Å²) in [5, 5.41) is 0. The van der Waals surface area contributed by atoms with E-state index in [0.29, 0.717) is 23.7 Å². The van der Waals surface area contributed by atoms with Crippen molar-refractivity contribution in [3.63, 3.8) is 0 Å². The van der Waals surface area contributed by atoms with Crippen molar-refractivity contribution in [2.75, 3.05) is 18.0 Å². The van der Waals surface area contributed by atoms with Crippen molar-refractivity contribution in [3.05, 3.63) is 94.5 Å². The second-order valence-electron chi connectivity index (χ2n) is 11.5. The Morgan fingerprint density at radius 3 is 1.57 bits per heavy atom. The summed E-state index contributed by atoms with van der Waals surface area (Å²) in [6.45, 7) is 19.6. The number of hydrogen-bond donors (Lipinski definition) is 0. The number of amidine groups is 1. The van der Waals surface area contributed by atoms with Crippen LogP contribution in [0.15, 0.2) is 66.7 Å². The Labute approximate surface area is 223 Å². The van der Waals surface area contributed by atoms with Crippen molar-refractivity contribution in [2.24, 2.45) is 0 Å². The van der Waals surface area contributed by atoms with E-state index in [1.807, 2.05) is 30.3 Å². The summed E-state index contributed by atoms with van der Waals surface area (Å²) >= 11 is 0. The minimum atomic E-state index is 0.0830. The molecule has 3 nitrogen and oxygen atoms in total. The molecule has 1 heterocycles. The smallest absolute Gasteiger partial charge is 0.280 e. The van der Waals surface area contributed by atoms with E-state index < -0.39 is 0 Å². The average molecular weight is 496 g/mol. The van der Waals surface area contributed by atoms with Gasteiger partial charge in [-0.1, -0.05) is 122 Å². The SMILES string of the molecule is CC(C)c1cccc(C(C)C)c1N1CC[N+](c2c(C(C)C)cccc2C(C)C)=C1C(=O)c1ccccc1. The Bertz CT molecular complexity index is 1250. The largest absolute Gasteiger partial charge is 0.331 e. The van der Waals surface area contributed by atoms with Gasteiger partial charge >= 0.3 is 5.84 Å². The van der Waals surface area contributed by atoms with Gasteiger partial charge in [-0.25, -0.2) is 9.48 Å². The van der Waals surface area contributed by atoms with E-state index in [2.05, 4.69) is 101 Å². The molecule has 0 aliphatic carbocycles. The Hall–Kier alpha value is -3.20. The number of ketones is 1. The van der Waals surface area contributed by atoms with Crippen LogP contribution in [0.2, 0.25) is 0 Å². The summed E-state index contributed by atoms with van der Waals surface area (Å²) in [5.41, 5.74) is 8.35. The highest BCUT2D eigenvalue weighted by Gasteiger charge is 2.42. The van der Waals surface area contributed by atoms with Crippen molar-refractivity contribution in [1.29, 1.82) is 0 Å². The third-order valence-corrected chi connectivity index (χ3v) is 7.52. The molecule has 3 heteroatoms. The van der Waals surface area contributed by atoms with Gasteiger partial charge in [-0.05, 0) is 23.7 Å². The minimum absolute atomic E-state index is 0.0830. The molecule has 4 rings (SSSR count). The molecule has 37 heavy (non-hydrogen) atoms. The van der Waals surface area contributed by atoms with Crippen LogP contribution in [0.1, 0.15) is 112 Å².